The topological polar surface area (TPSA) is 24.1 Å². The first-order chi connectivity index (χ1) is 9.92. The van der Waals surface area contributed by atoms with Crippen molar-refractivity contribution in [2.75, 3.05) is 11.9 Å². The molecule has 2 aromatic rings. The van der Waals surface area contributed by atoms with Crippen LogP contribution in [0, 0.1) is 0 Å². The monoisotopic (exact) mass is 264 g/mol. The van der Waals surface area contributed by atoms with Crippen LogP contribution in [0.15, 0.2) is 48.5 Å². The molecule has 0 aliphatic carbocycles. The second-order valence-electron chi connectivity index (χ2n) is 5.83. The van der Waals surface area contributed by atoms with E-state index in [1.165, 1.54) is 35.2 Å². The predicted molar refractivity (Wildman–Crippen MR) is 83.1 cm³/mol. The van der Waals surface area contributed by atoms with Gasteiger partial charge >= 0.3 is 0 Å². The molecule has 0 bridgehead atoms. The number of hydrogen-bond donors (Lipinski definition) is 2. The molecule has 0 saturated heterocycles. The lowest BCUT2D eigenvalue weighted by molar-refractivity contribution is 0.420. The summed E-state index contributed by atoms with van der Waals surface area (Å²) in [4.78, 5) is 0. The molecule has 4 rings (SSSR count). The smallest absolute Gasteiger partial charge is 0.0527 e. The van der Waals surface area contributed by atoms with Crippen LogP contribution in [-0.2, 0) is 12.8 Å². The fraction of sp³-hybridized carbons (Fsp3) is 0.333. The van der Waals surface area contributed by atoms with E-state index in [4.69, 9.17) is 0 Å². The van der Waals surface area contributed by atoms with E-state index in [-0.39, 0.29) is 0 Å². The third-order valence-corrected chi connectivity index (χ3v) is 4.63. The molecule has 102 valence electrons. The van der Waals surface area contributed by atoms with Gasteiger partial charge in [-0.1, -0.05) is 42.5 Å². The number of fused-ring (bicyclic) bond motifs is 2. The van der Waals surface area contributed by atoms with Crippen molar-refractivity contribution in [1.29, 1.82) is 0 Å². The van der Waals surface area contributed by atoms with E-state index in [0.717, 1.165) is 13.0 Å². The largest absolute Gasteiger partial charge is 0.380 e. The second kappa shape index (κ2) is 4.95. The van der Waals surface area contributed by atoms with Crippen LogP contribution in [0.2, 0.25) is 0 Å². The summed E-state index contributed by atoms with van der Waals surface area (Å²) >= 11 is 0. The van der Waals surface area contributed by atoms with E-state index in [1.54, 1.807) is 0 Å². The molecule has 2 aliphatic rings. The van der Waals surface area contributed by atoms with Gasteiger partial charge in [0.05, 0.1) is 6.04 Å². The van der Waals surface area contributed by atoms with Crippen molar-refractivity contribution in [2.45, 2.75) is 31.3 Å². The highest BCUT2D eigenvalue weighted by atomic mass is 15.0. The maximum Gasteiger partial charge on any atom is 0.0527 e. The van der Waals surface area contributed by atoms with Crippen molar-refractivity contribution >= 4 is 5.69 Å². The number of anilines is 1. The number of hydrogen-bond acceptors (Lipinski definition) is 2. The van der Waals surface area contributed by atoms with E-state index in [9.17, 15) is 0 Å². The van der Waals surface area contributed by atoms with Gasteiger partial charge in [0.1, 0.15) is 0 Å². The third-order valence-electron chi connectivity index (χ3n) is 4.63. The van der Waals surface area contributed by atoms with Gasteiger partial charge in [0.15, 0.2) is 0 Å². The molecule has 20 heavy (non-hydrogen) atoms. The molecule has 2 aromatic carbocycles. The first-order valence-electron chi connectivity index (χ1n) is 7.57. The van der Waals surface area contributed by atoms with Crippen LogP contribution < -0.4 is 10.6 Å². The molecule has 0 saturated carbocycles. The number of rotatable bonds is 1. The van der Waals surface area contributed by atoms with E-state index in [0.29, 0.717) is 12.1 Å². The highest BCUT2D eigenvalue weighted by Gasteiger charge is 2.29. The Morgan fingerprint density at radius 3 is 2.60 bits per heavy atom. The minimum Gasteiger partial charge on any atom is -0.380 e. The average Bonchev–Trinajstić information content (AvgIpc) is 2.54. The Kier molecular flexibility index (Phi) is 2.96. The maximum atomic E-state index is 3.75. The highest BCUT2D eigenvalue weighted by Crippen LogP contribution is 2.33. The minimum atomic E-state index is 0.438. The molecular formula is C18H20N2. The van der Waals surface area contributed by atoms with E-state index >= 15 is 0 Å². The van der Waals surface area contributed by atoms with Gasteiger partial charge in [0.2, 0.25) is 0 Å². The normalized spacial score (nSPS) is 24.4. The highest BCUT2D eigenvalue weighted by molar-refractivity contribution is 5.54. The Hall–Kier alpha value is -1.80. The summed E-state index contributed by atoms with van der Waals surface area (Å²) in [6.07, 6.45) is 3.52. The quantitative estimate of drug-likeness (QED) is 0.826. The van der Waals surface area contributed by atoms with Gasteiger partial charge in [-0.3, -0.25) is 0 Å². The summed E-state index contributed by atoms with van der Waals surface area (Å²) in [5, 5.41) is 7.46. The van der Waals surface area contributed by atoms with Crippen LogP contribution in [0.3, 0.4) is 0 Å². The van der Waals surface area contributed by atoms with Gasteiger partial charge in [0.25, 0.3) is 0 Å². The van der Waals surface area contributed by atoms with Gasteiger partial charge in [-0.05, 0) is 48.6 Å². The number of aryl methyl sites for hydroxylation is 1. The molecule has 2 heterocycles. The van der Waals surface area contributed by atoms with Crippen LogP contribution in [0.1, 0.15) is 29.2 Å². The van der Waals surface area contributed by atoms with Crippen molar-refractivity contribution in [3.8, 4) is 0 Å². The Morgan fingerprint density at radius 2 is 1.65 bits per heavy atom. The lowest BCUT2D eigenvalue weighted by Crippen LogP contribution is -2.42. The number of para-hydroxylation sites is 1. The van der Waals surface area contributed by atoms with Crippen molar-refractivity contribution in [1.82, 2.24) is 5.32 Å². The molecule has 0 fully saturated rings. The van der Waals surface area contributed by atoms with Gasteiger partial charge in [0, 0.05) is 11.7 Å². The Labute approximate surface area is 120 Å². The molecule has 2 atom stereocenters. The van der Waals surface area contributed by atoms with Crippen molar-refractivity contribution in [3.63, 3.8) is 0 Å². The van der Waals surface area contributed by atoms with Gasteiger partial charge < -0.3 is 10.6 Å². The van der Waals surface area contributed by atoms with Crippen LogP contribution in [0.25, 0.3) is 0 Å². The maximum absolute atomic E-state index is 3.75. The van der Waals surface area contributed by atoms with Gasteiger partial charge in [-0.15, -0.1) is 0 Å². The molecular weight excluding hydrogens is 244 g/mol. The summed E-state index contributed by atoms with van der Waals surface area (Å²) in [6, 6.07) is 18.5. The number of benzene rings is 2. The van der Waals surface area contributed by atoms with Crippen LogP contribution in [-0.4, -0.2) is 12.6 Å². The molecule has 0 amide bonds. The molecule has 2 heteroatoms. The first kappa shape index (κ1) is 12.0. The summed E-state index contributed by atoms with van der Waals surface area (Å²) < 4.78 is 0. The molecule has 0 spiro atoms. The molecule has 2 nitrogen and oxygen atoms in total. The van der Waals surface area contributed by atoms with Crippen LogP contribution in [0.5, 0.6) is 0 Å². The number of nitrogens with one attached hydrogen (secondary N) is 2. The molecule has 2 aliphatic heterocycles. The second-order valence-corrected chi connectivity index (χ2v) is 5.83. The summed E-state index contributed by atoms with van der Waals surface area (Å²) in [5.41, 5.74) is 5.76. The fourth-order valence-electron chi connectivity index (χ4n) is 3.61. The molecule has 0 radical (unpaired) electrons. The SMILES string of the molecule is c1ccc2c(c1)CCC(C1NCCc3ccccc31)N2. The summed E-state index contributed by atoms with van der Waals surface area (Å²) in [7, 11) is 0. The van der Waals surface area contributed by atoms with Crippen molar-refractivity contribution < 1.29 is 0 Å². The van der Waals surface area contributed by atoms with Crippen LogP contribution in [0.4, 0.5) is 5.69 Å². The summed E-state index contributed by atoms with van der Waals surface area (Å²) in [6.45, 7) is 1.08. The summed E-state index contributed by atoms with van der Waals surface area (Å²) in [5.74, 6) is 0. The molecule has 0 aromatic heterocycles. The van der Waals surface area contributed by atoms with Crippen molar-refractivity contribution in [2.24, 2.45) is 0 Å². The molecule has 2 unspecified atom stereocenters. The zero-order valence-electron chi connectivity index (χ0n) is 11.6. The third kappa shape index (κ3) is 2.01. The van der Waals surface area contributed by atoms with Gasteiger partial charge in [-0.25, -0.2) is 0 Å². The fourth-order valence-corrected chi connectivity index (χ4v) is 3.61. The minimum absolute atomic E-state index is 0.438. The Bertz CT molecular complexity index is 620. The molecule has 2 N–H and O–H groups in total. The first-order valence-corrected chi connectivity index (χ1v) is 7.57. The zero-order chi connectivity index (χ0) is 13.4. The Morgan fingerprint density at radius 1 is 0.850 bits per heavy atom. The lowest BCUT2D eigenvalue weighted by Gasteiger charge is -2.37. The van der Waals surface area contributed by atoms with Gasteiger partial charge in [-0.2, -0.15) is 0 Å². The Balaban J connectivity index is 1.64. The van der Waals surface area contributed by atoms with Crippen molar-refractivity contribution in [3.05, 3.63) is 65.2 Å². The average molecular weight is 264 g/mol. The zero-order valence-corrected chi connectivity index (χ0v) is 11.6. The predicted octanol–water partition coefficient (Wildman–Crippen LogP) is 3.30. The van der Waals surface area contributed by atoms with E-state index in [2.05, 4.69) is 59.2 Å². The van der Waals surface area contributed by atoms with E-state index < -0.39 is 0 Å². The van der Waals surface area contributed by atoms with E-state index in [1.807, 2.05) is 0 Å². The van der Waals surface area contributed by atoms with Crippen LogP contribution >= 0.6 is 0 Å². The lowest BCUT2D eigenvalue weighted by atomic mass is 9.85. The standard InChI is InChI=1S/C18H20N2/c1-3-7-15-13(5-1)11-12-19-18(15)17-10-9-14-6-2-4-8-16(14)20-17/h1-8,17-20H,9-12H2.